The van der Waals surface area contributed by atoms with Gasteiger partial charge in [0.05, 0.1) is 26.4 Å². The van der Waals surface area contributed by atoms with Crippen molar-refractivity contribution in [3.63, 3.8) is 0 Å². The fourth-order valence-electron chi connectivity index (χ4n) is 1.42. The zero-order chi connectivity index (χ0) is 11.9. The highest BCUT2D eigenvalue weighted by molar-refractivity contribution is 5.26. The molecular weight excluding hydrogens is 220 g/mol. The Balaban J connectivity index is 1.53. The quantitative estimate of drug-likeness (QED) is 0.549. The second-order valence-electron chi connectivity index (χ2n) is 4.03. The fourth-order valence-corrected chi connectivity index (χ4v) is 1.42. The molecule has 1 unspecified atom stereocenters. The first-order valence-electron chi connectivity index (χ1n) is 5.90. The third-order valence-corrected chi connectivity index (χ3v) is 2.51. The third-order valence-electron chi connectivity index (χ3n) is 2.51. The fraction of sp³-hybridized carbons (Fsp3) is 0.538. The van der Waals surface area contributed by atoms with E-state index >= 15 is 0 Å². The molecule has 1 aliphatic heterocycles. The van der Waals surface area contributed by atoms with Crippen LogP contribution in [0.1, 0.15) is 12.0 Å². The number of benzene rings is 1. The summed E-state index contributed by atoms with van der Waals surface area (Å²) < 4.78 is 16.0. The van der Waals surface area contributed by atoms with Crippen LogP contribution in [0, 0.1) is 0 Å². The zero-order valence-corrected chi connectivity index (χ0v) is 9.80. The zero-order valence-electron chi connectivity index (χ0n) is 9.80. The molecule has 94 valence electrons. The Bertz CT molecular complexity index is 319. The van der Waals surface area contributed by atoms with Crippen molar-refractivity contribution >= 4 is 0 Å². The first kappa shape index (κ1) is 12.4. The van der Waals surface area contributed by atoms with E-state index in [0.717, 1.165) is 24.3 Å². The summed E-state index contributed by atoms with van der Waals surface area (Å²) in [6.07, 6.45) is 1.20. The summed E-state index contributed by atoms with van der Waals surface area (Å²) in [6.45, 7) is 2.95. The van der Waals surface area contributed by atoms with Crippen molar-refractivity contribution < 1.29 is 19.3 Å². The molecule has 1 aromatic rings. The van der Waals surface area contributed by atoms with Crippen molar-refractivity contribution in [1.82, 2.24) is 0 Å². The van der Waals surface area contributed by atoms with Gasteiger partial charge in [0.25, 0.3) is 0 Å². The summed E-state index contributed by atoms with van der Waals surface area (Å²) in [5, 5.41) is 8.88. The van der Waals surface area contributed by atoms with E-state index in [2.05, 4.69) is 0 Å². The highest BCUT2D eigenvalue weighted by Gasteiger charge is 2.21. The van der Waals surface area contributed by atoms with Gasteiger partial charge in [-0.3, -0.25) is 0 Å². The van der Waals surface area contributed by atoms with E-state index in [0.29, 0.717) is 25.9 Å². The predicted octanol–water partition coefficient (Wildman–Crippen LogP) is 1.36. The second kappa shape index (κ2) is 6.59. The predicted molar refractivity (Wildman–Crippen MR) is 63.0 cm³/mol. The molecule has 0 spiro atoms. The lowest BCUT2D eigenvalue weighted by Crippen LogP contribution is -2.06. The molecule has 0 aliphatic carbocycles. The first-order valence-corrected chi connectivity index (χ1v) is 5.90. The molecule has 4 nitrogen and oxygen atoms in total. The largest absolute Gasteiger partial charge is 0.494 e. The summed E-state index contributed by atoms with van der Waals surface area (Å²) in [6, 6.07) is 7.45. The molecule has 0 bridgehead atoms. The standard InChI is InChI=1S/C13H18O4/c14-8-11-2-4-12(5-3-11)16-7-1-6-15-9-13-10-17-13/h2-5,13-14H,1,6-10H2. The van der Waals surface area contributed by atoms with Gasteiger partial charge in [-0.25, -0.2) is 0 Å². The van der Waals surface area contributed by atoms with E-state index in [1.54, 1.807) is 0 Å². The molecule has 17 heavy (non-hydrogen) atoms. The molecule has 0 amide bonds. The molecule has 1 fully saturated rings. The third kappa shape index (κ3) is 4.73. The summed E-state index contributed by atoms with van der Waals surface area (Å²) >= 11 is 0. The van der Waals surface area contributed by atoms with Gasteiger partial charge in [0, 0.05) is 13.0 Å². The Morgan fingerprint density at radius 1 is 1.24 bits per heavy atom. The maximum Gasteiger partial charge on any atom is 0.119 e. The number of aliphatic hydroxyl groups excluding tert-OH is 1. The van der Waals surface area contributed by atoms with Gasteiger partial charge in [0.2, 0.25) is 0 Å². The molecule has 0 radical (unpaired) electrons. The van der Waals surface area contributed by atoms with Crippen molar-refractivity contribution in [1.29, 1.82) is 0 Å². The Labute approximate surface area is 101 Å². The maximum atomic E-state index is 8.88. The number of ether oxygens (including phenoxy) is 3. The van der Waals surface area contributed by atoms with Gasteiger partial charge in [-0.2, -0.15) is 0 Å². The van der Waals surface area contributed by atoms with E-state index in [1.165, 1.54) is 0 Å². The lowest BCUT2D eigenvalue weighted by atomic mass is 10.2. The van der Waals surface area contributed by atoms with E-state index in [-0.39, 0.29) is 6.61 Å². The van der Waals surface area contributed by atoms with Crippen LogP contribution in [-0.2, 0) is 16.1 Å². The minimum absolute atomic E-state index is 0.0668. The minimum atomic E-state index is 0.0668. The monoisotopic (exact) mass is 238 g/mol. The topological polar surface area (TPSA) is 51.2 Å². The van der Waals surface area contributed by atoms with E-state index in [4.69, 9.17) is 19.3 Å². The molecule has 1 N–H and O–H groups in total. The highest BCUT2D eigenvalue weighted by Crippen LogP contribution is 2.12. The Morgan fingerprint density at radius 2 is 2.00 bits per heavy atom. The van der Waals surface area contributed by atoms with Crippen LogP contribution in [0.4, 0.5) is 0 Å². The van der Waals surface area contributed by atoms with Gasteiger partial charge < -0.3 is 19.3 Å². The average molecular weight is 238 g/mol. The molecular formula is C13H18O4. The summed E-state index contributed by atoms with van der Waals surface area (Å²) in [4.78, 5) is 0. The molecule has 4 heteroatoms. The van der Waals surface area contributed by atoms with Crippen LogP contribution in [0.25, 0.3) is 0 Å². The number of rotatable bonds is 8. The van der Waals surface area contributed by atoms with Crippen molar-refractivity contribution in [2.24, 2.45) is 0 Å². The van der Waals surface area contributed by atoms with Gasteiger partial charge in [-0.05, 0) is 17.7 Å². The van der Waals surface area contributed by atoms with Gasteiger partial charge >= 0.3 is 0 Å². The van der Waals surface area contributed by atoms with Crippen LogP contribution in [0.15, 0.2) is 24.3 Å². The van der Waals surface area contributed by atoms with E-state index in [9.17, 15) is 0 Å². The molecule has 1 aliphatic rings. The Morgan fingerprint density at radius 3 is 2.65 bits per heavy atom. The van der Waals surface area contributed by atoms with Crippen molar-refractivity contribution in [2.45, 2.75) is 19.1 Å². The van der Waals surface area contributed by atoms with Crippen molar-refractivity contribution in [2.75, 3.05) is 26.4 Å². The van der Waals surface area contributed by atoms with Crippen LogP contribution < -0.4 is 4.74 Å². The van der Waals surface area contributed by atoms with Crippen LogP contribution in [-0.4, -0.2) is 37.6 Å². The lowest BCUT2D eigenvalue weighted by molar-refractivity contribution is 0.104. The summed E-state index contributed by atoms with van der Waals surface area (Å²) in [5.41, 5.74) is 0.894. The van der Waals surface area contributed by atoms with Crippen LogP contribution in [0.2, 0.25) is 0 Å². The van der Waals surface area contributed by atoms with E-state index in [1.807, 2.05) is 24.3 Å². The van der Waals surface area contributed by atoms with Gasteiger partial charge in [-0.15, -0.1) is 0 Å². The molecule has 0 saturated carbocycles. The molecule has 1 heterocycles. The molecule has 0 aromatic heterocycles. The summed E-state index contributed by atoms with van der Waals surface area (Å²) in [5.74, 6) is 0.827. The average Bonchev–Trinajstić information content (AvgIpc) is 3.18. The van der Waals surface area contributed by atoms with Gasteiger partial charge in [-0.1, -0.05) is 12.1 Å². The second-order valence-corrected chi connectivity index (χ2v) is 4.03. The molecule has 1 atom stereocenters. The van der Waals surface area contributed by atoms with Gasteiger partial charge in [0.1, 0.15) is 11.9 Å². The highest BCUT2D eigenvalue weighted by atomic mass is 16.6. The van der Waals surface area contributed by atoms with E-state index < -0.39 is 0 Å². The normalized spacial score (nSPS) is 18.1. The number of aliphatic hydroxyl groups is 1. The Hall–Kier alpha value is -1.10. The molecule has 1 aromatic carbocycles. The lowest BCUT2D eigenvalue weighted by Gasteiger charge is -2.06. The molecule has 1 saturated heterocycles. The van der Waals surface area contributed by atoms with Gasteiger partial charge in [0.15, 0.2) is 0 Å². The Kier molecular flexibility index (Phi) is 4.79. The van der Waals surface area contributed by atoms with Crippen molar-refractivity contribution in [3.8, 4) is 5.75 Å². The van der Waals surface area contributed by atoms with Crippen molar-refractivity contribution in [3.05, 3.63) is 29.8 Å². The first-order chi connectivity index (χ1) is 8.38. The SMILES string of the molecule is OCc1ccc(OCCCOCC2CO2)cc1. The van der Waals surface area contributed by atoms with Crippen LogP contribution in [0.5, 0.6) is 5.75 Å². The number of hydrogen-bond donors (Lipinski definition) is 1. The number of hydrogen-bond acceptors (Lipinski definition) is 4. The molecule has 2 rings (SSSR count). The maximum absolute atomic E-state index is 8.88. The van der Waals surface area contributed by atoms with Crippen LogP contribution >= 0.6 is 0 Å². The summed E-state index contributed by atoms with van der Waals surface area (Å²) in [7, 11) is 0. The smallest absolute Gasteiger partial charge is 0.119 e. The number of epoxide rings is 1. The minimum Gasteiger partial charge on any atom is -0.494 e. The van der Waals surface area contributed by atoms with Crippen LogP contribution in [0.3, 0.4) is 0 Å².